The average Bonchev–Trinajstić information content (AvgIpc) is 2.81. The monoisotopic (exact) mass is 297 g/mol. The van der Waals surface area contributed by atoms with Gasteiger partial charge in [0.1, 0.15) is 11.1 Å². The van der Waals surface area contributed by atoms with Gasteiger partial charge >= 0.3 is 0 Å². The number of aromatic nitrogens is 1. The first-order valence-corrected chi connectivity index (χ1v) is 8.40. The van der Waals surface area contributed by atoms with Gasteiger partial charge in [0.15, 0.2) is 0 Å². The van der Waals surface area contributed by atoms with Crippen LogP contribution in [-0.2, 0) is 4.74 Å². The molecule has 1 aromatic rings. The van der Waals surface area contributed by atoms with Crippen molar-refractivity contribution in [3.05, 3.63) is 15.6 Å². The van der Waals surface area contributed by atoms with E-state index in [1.165, 1.54) is 4.88 Å². The van der Waals surface area contributed by atoms with Gasteiger partial charge < -0.3 is 10.1 Å². The van der Waals surface area contributed by atoms with Crippen molar-refractivity contribution in [2.45, 2.75) is 52.8 Å². The molecule has 4 nitrogen and oxygen atoms in total. The zero-order valence-electron chi connectivity index (χ0n) is 13.3. The van der Waals surface area contributed by atoms with E-state index in [2.05, 4.69) is 44.8 Å². The number of hydrogen-bond donors (Lipinski definition) is 1. The van der Waals surface area contributed by atoms with Crippen molar-refractivity contribution in [1.82, 2.24) is 15.2 Å². The van der Waals surface area contributed by atoms with Crippen LogP contribution < -0.4 is 5.32 Å². The molecule has 1 aliphatic rings. The predicted octanol–water partition coefficient (Wildman–Crippen LogP) is 2.90. The minimum atomic E-state index is 0.137. The lowest BCUT2D eigenvalue weighted by atomic mass is 10.2. The molecule has 0 aromatic carbocycles. The number of nitrogens with one attached hydrogen (secondary N) is 1. The number of rotatable bonds is 5. The van der Waals surface area contributed by atoms with Crippen LogP contribution in [0.15, 0.2) is 0 Å². The van der Waals surface area contributed by atoms with Gasteiger partial charge in [-0.1, -0.05) is 6.92 Å². The number of nitrogens with zero attached hydrogens (tertiary/aromatic N) is 2. The molecule has 2 heterocycles. The van der Waals surface area contributed by atoms with Crippen LogP contribution in [0.25, 0.3) is 0 Å². The standard InChI is InChI=1S/C15H27N3OS/c1-6-16-11(4)14-12(5)17-15(20-14)13-9-18(10(2)3)7-8-19-13/h10-11,13,16H,6-9H2,1-5H3. The van der Waals surface area contributed by atoms with Crippen LogP contribution in [-0.4, -0.2) is 42.2 Å². The van der Waals surface area contributed by atoms with E-state index >= 15 is 0 Å². The molecule has 0 amide bonds. The lowest BCUT2D eigenvalue weighted by molar-refractivity contribution is -0.0403. The van der Waals surface area contributed by atoms with Gasteiger partial charge in [-0.25, -0.2) is 4.98 Å². The van der Waals surface area contributed by atoms with E-state index in [0.29, 0.717) is 12.1 Å². The second kappa shape index (κ2) is 6.98. The highest BCUT2D eigenvalue weighted by Gasteiger charge is 2.27. The molecule has 0 radical (unpaired) electrons. The second-order valence-electron chi connectivity index (χ2n) is 5.73. The Morgan fingerprint density at radius 2 is 2.20 bits per heavy atom. The van der Waals surface area contributed by atoms with Crippen LogP contribution in [0, 0.1) is 6.92 Å². The molecule has 0 spiro atoms. The maximum Gasteiger partial charge on any atom is 0.123 e. The second-order valence-corrected chi connectivity index (χ2v) is 6.79. The van der Waals surface area contributed by atoms with Crippen molar-refractivity contribution in [2.24, 2.45) is 0 Å². The van der Waals surface area contributed by atoms with Crippen LogP contribution in [0.5, 0.6) is 0 Å². The third kappa shape index (κ3) is 3.58. The molecule has 5 heteroatoms. The Morgan fingerprint density at radius 1 is 1.45 bits per heavy atom. The van der Waals surface area contributed by atoms with Crippen molar-refractivity contribution in [3.63, 3.8) is 0 Å². The van der Waals surface area contributed by atoms with Gasteiger partial charge in [-0.3, -0.25) is 4.90 Å². The van der Waals surface area contributed by atoms with E-state index in [1.54, 1.807) is 11.3 Å². The van der Waals surface area contributed by atoms with E-state index in [0.717, 1.165) is 36.9 Å². The minimum Gasteiger partial charge on any atom is -0.368 e. The topological polar surface area (TPSA) is 37.4 Å². The Balaban J connectivity index is 2.11. The van der Waals surface area contributed by atoms with E-state index in [9.17, 15) is 0 Å². The summed E-state index contributed by atoms with van der Waals surface area (Å²) < 4.78 is 5.94. The maximum absolute atomic E-state index is 5.94. The zero-order valence-corrected chi connectivity index (χ0v) is 14.1. The molecule has 0 saturated carbocycles. The Hall–Kier alpha value is -0.490. The third-order valence-electron chi connectivity index (χ3n) is 3.86. The number of thiazole rings is 1. The fourth-order valence-electron chi connectivity index (χ4n) is 2.66. The number of aryl methyl sites for hydroxylation is 1. The average molecular weight is 297 g/mol. The summed E-state index contributed by atoms with van der Waals surface area (Å²) in [4.78, 5) is 8.57. The van der Waals surface area contributed by atoms with Gasteiger partial charge in [-0.15, -0.1) is 11.3 Å². The summed E-state index contributed by atoms with van der Waals surface area (Å²) in [6.07, 6.45) is 0.137. The molecule has 2 rings (SSSR count). The first kappa shape index (κ1) is 15.9. The minimum absolute atomic E-state index is 0.137. The highest BCUT2D eigenvalue weighted by atomic mass is 32.1. The first-order valence-electron chi connectivity index (χ1n) is 7.59. The van der Waals surface area contributed by atoms with Gasteiger partial charge in [0.05, 0.1) is 12.3 Å². The highest BCUT2D eigenvalue weighted by molar-refractivity contribution is 7.11. The van der Waals surface area contributed by atoms with Gasteiger partial charge in [-0.05, 0) is 34.2 Å². The summed E-state index contributed by atoms with van der Waals surface area (Å²) in [6.45, 7) is 14.7. The van der Waals surface area contributed by atoms with Gasteiger partial charge in [-0.2, -0.15) is 0 Å². The number of ether oxygens (including phenoxy) is 1. The summed E-state index contributed by atoms with van der Waals surface area (Å²) in [6, 6.07) is 0.943. The van der Waals surface area contributed by atoms with Crippen molar-refractivity contribution in [3.8, 4) is 0 Å². The Labute approximate surface area is 126 Å². The summed E-state index contributed by atoms with van der Waals surface area (Å²) in [5, 5.41) is 4.60. The van der Waals surface area contributed by atoms with Crippen LogP contribution in [0.4, 0.5) is 0 Å². The lowest BCUT2D eigenvalue weighted by Crippen LogP contribution is -2.42. The number of hydrogen-bond acceptors (Lipinski definition) is 5. The molecule has 0 aliphatic carbocycles. The molecule has 2 atom stereocenters. The number of morpholine rings is 1. The fraction of sp³-hybridized carbons (Fsp3) is 0.800. The van der Waals surface area contributed by atoms with Crippen LogP contribution in [0.1, 0.15) is 55.4 Å². The van der Waals surface area contributed by atoms with E-state index in [-0.39, 0.29) is 6.10 Å². The molecule has 1 saturated heterocycles. The van der Waals surface area contributed by atoms with Crippen LogP contribution in [0.2, 0.25) is 0 Å². The SMILES string of the molecule is CCNC(C)c1sc(C2CN(C(C)C)CCO2)nc1C. The quantitative estimate of drug-likeness (QED) is 0.907. The smallest absolute Gasteiger partial charge is 0.123 e. The molecule has 1 fully saturated rings. The molecule has 1 aliphatic heterocycles. The molecule has 114 valence electrons. The fourth-order valence-corrected chi connectivity index (χ4v) is 3.79. The molecular formula is C15H27N3OS. The lowest BCUT2D eigenvalue weighted by Gasteiger charge is -2.34. The van der Waals surface area contributed by atoms with E-state index in [1.807, 2.05) is 0 Å². The molecule has 2 unspecified atom stereocenters. The normalized spacial score (nSPS) is 22.4. The molecular weight excluding hydrogens is 270 g/mol. The molecule has 0 bridgehead atoms. The summed E-state index contributed by atoms with van der Waals surface area (Å²) in [7, 11) is 0. The predicted molar refractivity (Wildman–Crippen MR) is 84.3 cm³/mol. The summed E-state index contributed by atoms with van der Waals surface area (Å²) in [5.74, 6) is 0. The van der Waals surface area contributed by atoms with Crippen molar-refractivity contribution < 1.29 is 4.74 Å². The maximum atomic E-state index is 5.94. The third-order valence-corrected chi connectivity index (χ3v) is 5.29. The van der Waals surface area contributed by atoms with Gasteiger partial charge in [0, 0.05) is 30.1 Å². The van der Waals surface area contributed by atoms with Crippen molar-refractivity contribution >= 4 is 11.3 Å². The Morgan fingerprint density at radius 3 is 2.85 bits per heavy atom. The van der Waals surface area contributed by atoms with E-state index < -0.39 is 0 Å². The molecule has 20 heavy (non-hydrogen) atoms. The Bertz CT molecular complexity index is 433. The van der Waals surface area contributed by atoms with Gasteiger partial charge in [0.25, 0.3) is 0 Å². The summed E-state index contributed by atoms with van der Waals surface area (Å²) in [5.41, 5.74) is 1.14. The Kier molecular flexibility index (Phi) is 5.55. The first-order chi connectivity index (χ1) is 9.52. The van der Waals surface area contributed by atoms with Crippen LogP contribution >= 0.6 is 11.3 Å². The zero-order chi connectivity index (χ0) is 14.7. The van der Waals surface area contributed by atoms with E-state index in [4.69, 9.17) is 9.72 Å². The van der Waals surface area contributed by atoms with Crippen molar-refractivity contribution in [2.75, 3.05) is 26.2 Å². The highest BCUT2D eigenvalue weighted by Crippen LogP contribution is 2.32. The largest absolute Gasteiger partial charge is 0.368 e. The summed E-state index contributed by atoms with van der Waals surface area (Å²) >= 11 is 1.80. The molecule has 1 aromatic heterocycles. The van der Waals surface area contributed by atoms with Gasteiger partial charge in [0.2, 0.25) is 0 Å². The van der Waals surface area contributed by atoms with Crippen LogP contribution in [0.3, 0.4) is 0 Å². The van der Waals surface area contributed by atoms with Crippen molar-refractivity contribution in [1.29, 1.82) is 0 Å². The molecule has 1 N–H and O–H groups in total.